The zero-order valence-corrected chi connectivity index (χ0v) is 13.1. The number of H-pyrrole nitrogens is 1. The number of carbonyl (C=O) groups excluding carboxylic acids is 1. The maximum Gasteiger partial charge on any atom is 0.337 e. The van der Waals surface area contributed by atoms with Crippen LogP contribution in [-0.2, 0) is 10.5 Å². The molecule has 3 rings (SSSR count). The summed E-state index contributed by atoms with van der Waals surface area (Å²) in [6.07, 6.45) is 1.80. The van der Waals surface area contributed by atoms with Gasteiger partial charge in [0.15, 0.2) is 0 Å². The lowest BCUT2D eigenvalue weighted by molar-refractivity contribution is 0.0601. The molecule has 1 aromatic carbocycles. The number of aromatic nitrogens is 3. The highest BCUT2D eigenvalue weighted by Gasteiger charge is 2.09. The van der Waals surface area contributed by atoms with Crippen molar-refractivity contribution in [3.8, 4) is 0 Å². The number of nitrogens with one attached hydrogen (secondary N) is 1. The van der Waals surface area contributed by atoms with E-state index < -0.39 is 0 Å². The van der Waals surface area contributed by atoms with Crippen molar-refractivity contribution in [1.29, 1.82) is 0 Å². The molecule has 0 radical (unpaired) electrons. The summed E-state index contributed by atoms with van der Waals surface area (Å²) in [7, 11) is 1.37. The first-order chi connectivity index (χ1) is 10.7. The van der Waals surface area contributed by atoms with Crippen molar-refractivity contribution in [2.75, 3.05) is 7.11 Å². The Morgan fingerprint density at radius 1 is 1.32 bits per heavy atom. The molecular weight excluding hydrogens is 298 g/mol. The highest BCUT2D eigenvalue weighted by Crippen LogP contribution is 2.22. The topological polar surface area (TPSA) is 67.9 Å². The van der Waals surface area contributed by atoms with Gasteiger partial charge in [0.05, 0.1) is 34.5 Å². The molecule has 6 heteroatoms. The lowest BCUT2D eigenvalue weighted by Gasteiger charge is -1.99. The van der Waals surface area contributed by atoms with Crippen molar-refractivity contribution in [2.24, 2.45) is 0 Å². The predicted octanol–water partition coefficient (Wildman–Crippen LogP) is 3.35. The van der Waals surface area contributed by atoms with Crippen LogP contribution >= 0.6 is 11.8 Å². The lowest BCUT2D eigenvalue weighted by Crippen LogP contribution is -2.00. The Morgan fingerprint density at radius 3 is 2.95 bits per heavy atom. The number of aryl methyl sites for hydroxylation is 1. The van der Waals surface area contributed by atoms with Gasteiger partial charge in [0.25, 0.3) is 0 Å². The second kappa shape index (κ2) is 6.19. The average Bonchev–Trinajstić information content (AvgIpc) is 2.94. The Bertz CT molecular complexity index is 829. The molecular formula is C16H15N3O2S. The predicted molar refractivity (Wildman–Crippen MR) is 86.0 cm³/mol. The molecule has 112 valence electrons. The molecule has 0 aliphatic rings. The molecule has 0 bridgehead atoms. The Balaban J connectivity index is 1.78. The van der Waals surface area contributed by atoms with Crippen molar-refractivity contribution >= 4 is 28.8 Å². The summed E-state index contributed by atoms with van der Waals surface area (Å²) in [5.41, 5.74) is 3.36. The van der Waals surface area contributed by atoms with Gasteiger partial charge in [-0.3, -0.25) is 0 Å². The van der Waals surface area contributed by atoms with Crippen molar-refractivity contribution in [3.63, 3.8) is 0 Å². The van der Waals surface area contributed by atoms with Crippen LogP contribution in [0.15, 0.2) is 41.6 Å². The van der Waals surface area contributed by atoms with Crippen LogP contribution < -0.4 is 0 Å². The van der Waals surface area contributed by atoms with Crippen molar-refractivity contribution in [2.45, 2.75) is 17.7 Å². The molecule has 0 aliphatic heterocycles. The number of rotatable bonds is 4. The summed E-state index contributed by atoms with van der Waals surface area (Å²) in [6.45, 7) is 2.04. The molecule has 0 unspecified atom stereocenters. The highest BCUT2D eigenvalue weighted by molar-refractivity contribution is 7.98. The number of imidazole rings is 1. The van der Waals surface area contributed by atoms with Crippen LogP contribution in [0.25, 0.3) is 11.0 Å². The number of nitrogens with zero attached hydrogens (tertiary/aromatic N) is 2. The average molecular weight is 313 g/mol. The van der Waals surface area contributed by atoms with Gasteiger partial charge in [0, 0.05) is 6.20 Å². The zero-order valence-electron chi connectivity index (χ0n) is 12.3. The van der Waals surface area contributed by atoms with Gasteiger partial charge in [0.2, 0.25) is 0 Å². The van der Waals surface area contributed by atoms with Crippen LogP contribution in [0.2, 0.25) is 0 Å². The number of benzene rings is 1. The third-order valence-electron chi connectivity index (χ3n) is 3.20. The summed E-state index contributed by atoms with van der Waals surface area (Å²) in [6, 6.07) is 9.31. The van der Waals surface area contributed by atoms with Crippen LogP contribution in [0.3, 0.4) is 0 Å². The van der Waals surface area contributed by atoms with Crippen LogP contribution in [0.1, 0.15) is 21.7 Å². The van der Waals surface area contributed by atoms with Crippen LogP contribution in [0.4, 0.5) is 0 Å². The maximum absolute atomic E-state index is 11.5. The minimum absolute atomic E-state index is 0.351. The quantitative estimate of drug-likeness (QED) is 0.591. The van der Waals surface area contributed by atoms with Crippen LogP contribution in [0.5, 0.6) is 0 Å². The first-order valence-electron chi connectivity index (χ1n) is 6.78. The smallest absolute Gasteiger partial charge is 0.337 e. The molecule has 0 atom stereocenters. The third kappa shape index (κ3) is 3.12. The number of ether oxygens (including phenoxy) is 1. The number of pyridine rings is 1. The number of fused-ring (bicyclic) bond motifs is 1. The Morgan fingerprint density at radius 2 is 2.18 bits per heavy atom. The Hall–Kier alpha value is -2.34. The zero-order chi connectivity index (χ0) is 15.5. The van der Waals surface area contributed by atoms with Crippen LogP contribution in [-0.4, -0.2) is 28.0 Å². The summed E-state index contributed by atoms with van der Waals surface area (Å²) < 4.78 is 4.72. The van der Waals surface area contributed by atoms with Crippen molar-refractivity contribution < 1.29 is 9.53 Å². The van der Waals surface area contributed by atoms with E-state index in [4.69, 9.17) is 4.74 Å². The van der Waals surface area contributed by atoms with Gasteiger partial charge in [-0.2, -0.15) is 0 Å². The molecule has 5 nitrogen and oxygen atoms in total. The van der Waals surface area contributed by atoms with Gasteiger partial charge in [0.1, 0.15) is 5.82 Å². The normalized spacial score (nSPS) is 10.8. The van der Waals surface area contributed by atoms with Gasteiger partial charge in [-0.1, -0.05) is 11.8 Å². The fourth-order valence-corrected chi connectivity index (χ4v) is 2.93. The Kier molecular flexibility index (Phi) is 4.11. The van der Waals surface area contributed by atoms with Gasteiger partial charge in [-0.05, 0) is 42.8 Å². The van der Waals surface area contributed by atoms with Gasteiger partial charge >= 0.3 is 5.97 Å². The first kappa shape index (κ1) is 14.6. The van der Waals surface area contributed by atoms with E-state index in [0.717, 1.165) is 21.9 Å². The maximum atomic E-state index is 11.5. The third-order valence-corrected chi connectivity index (χ3v) is 4.14. The number of esters is 1. The molecule has 0 amide bonds. The molecule has 0 spiro atoms. The number of aromatic amines is 1. The molecule has 0 saturated carbocycles. The number of carbonyl (C=O) groups is 1. The molecule has 0 fully saturated rings. The SMILES string of the molecule is COC(=O)c1ccc2nc(CSc3cc(C)ccn3)[nH]c2c1. The monoisotopic (exact) mass is 313 g/mol. The second-order valence-corrected chi connectivity index (χ2v) is 5.86. The summed E-state index contributed by atoms with van der Waals surface area (Å²) in [4.78, 5) is 23.6. The van der Waals surface area contributed by atoms with Crippen molar-refractivity contribution in [3.05, 3.63) is 53.5 Å². The minimum Gasteiger partial charge on any atom is -0.465 e. The van der Waals surface area contributed by atoms with E-state index in [1.165, 1.54) is 12.7 Å². The number of hydrogen-bond acceptors (Lipinski definition) is 5. The lowest BCUT2D eigenvalue weighted by atomic mass is 10.2. The second-order valence-electron chi connectivity index (χ2n) is 4.87. The molecule has 2 heterocycles. The van der Waals surface area contributed by atoms with E-state index in [-0.39, 0.29) is 5.97 Å². The largest absolute Gasteiger partial charge is 0.465 e. The van der Waals surface area contributed by atoms with Gasteiger partial charge < -0.3 is 9.72 Å². The summed E-state index contributed by atoms with van der Waals surface area (Å²) in [5.74, 6) is 1.19. The fraction of sp³-hybridized carbons (Fsp3) is 0.188. The molecule has 0 aliphatic carbocycles. The number of thioether (sulfide) groups is 1. The molecule has 2 aromatic heterocycles. The summed E-state index contributed by atoms with van der Waals surface area (Å²) >= 11 is 1.62. The van der Waals surface area contributed by atoms with E-state index in [1.807, 2.05) is 25.1 Å². The van der Waals surface area contributed by atoms with E-state index in [1.54, 1.807) is 30.1 Å². The minimum atomic E-state index is -0.351. The summed E-state index contributed by atoms with van der Waals surface area (Å²) in [5, 5.41) is 0.968. The first-order valence-corrected chi connectivity index (χ1v) is 7.76. The number of hydrogen-bond donors (Lipinski definition) is 1. The molecule has 3 aromatic rings. The van der Waals surface area contributed by atoms with Gasteiger partial charge in [-0.15, -0.1) is 0 Å². The standard InChI is InChI=1S/C16H15N3O2S/c1-10-5-6-17-15(7-10)22-9-14-18-12-4-3-11(16(20)21-2)8-13(12)19-14/h3-8H,9H2,1-2H3,(H,18,19). The number of methoxy groups -OCH3 is 1. The van der Waals surface area contributed by atoms with E-state index in [9.17, 15) is 4.79 Å². The van der Waals surface area contributed by atoms with Crippen LogP contribution in [0, 0.1) is 6.92 Å². The van der Waals surface area contributed by atoms with E-state index in [2.05, 4.69) is 15.0 Å². The van der Waals surface area contributed by atoms with Crippen molar-refractivity contribution in [1.82, 2.24) is 15.0 Å². The van der Waals surface area contributed by atoms with E-state index >= 15 is 0 Å². The molecule has 0 saturated heterocycles. The fourth-order valence-electron chi connectivity index (χ4n) is 2.11. The molecule has 1 N–H and O–H groups in total. The Labute approximate surface area is 132 Å². The van der Waals surface area contributed by atoms with E-state index in [0.29, 0.717) is 11.3 Å². The highest BCUT2D eigenvalue weighted by atomic mass is 32.2. The van der Waals surface area contributed by atoms with Gasteiger partial charge in [-0.25, -0.2) is 14.8 Å². The molecule has 22 heavy (non-hydrogen) atoms.